The van der Waals surface area contributed by atoms with E-state index in [1.54, 1.807) is 11.3 Å². The summed E-state index contributed by atoms with van der Waals surface area (Å²) < 4.78 is 1.97. The monoisotopic (exact) mass is 363 g/mol. The van der Waals surface area contributed by atoms with Gasteiger partial charge in [0.05, 0.1) is 16.8 Å². The van der Waals surface area contributed by atoms with Crippen molar-refractivity contribution < 1.29 is 4.79 Å². The summed E-state index contributed by atoms with van der Waals surface area (Å²) in [6, 6.07) is 4.49. The van der Waals surface area contributed by atoms with Crippen molar-refractivity contribution in [1.29, 1.82) is 0 Å². The van der Waals surface area contributed by atoms with Gasteiger partial charge >= 0.3 is 0 Å². The Morgan fingerprint density at radius 3 is 2.69 bits per heavy atom. The van der Waals surface area contributed by atoms with Crippen molar-refractivity contribution in [1.82, 2.24) is 14.3 Å². The van der Waals surface area contributed by atoms with E-state index in [1.807, 2.05) is 51.5 Å². The lowest BCUT2D eigenvalue weighted by Gasteiger charge is -2.25. The summed E-state index contributed by atoms with van der Waals surface area (Å²) in [5.74, 6) is 6.43. The van der Waals surface area contributed by atoms with Gasteiger partial charge in [0.2, 0.25) is 0 Å². The molecule has 0 N–H and O–H groups in total. The highest BCUT2D eigenvalue weighted by Crippen LogP contribution is 2.26. The number of amides is 1. The third-order valence-electron chi connectivity index (χ3n) is 4.99. The molecular formula is C21H21N3OS. The van der Waals surface area contributed by atoms with Gasteiger partial charge in [-0.2, -0.15) is 11.3 Å². The van der Waals surface area contributed by atoms with E-state index in [-0.39, 0.29) is 5.91 Å². The van der Waals surface area contributed by atoms with Crippen LogP contribution in [0.2, 0.25) is 0 Å². The Morgan fingerprint density at radius 2 is 2.00 bits per heavy atom. The molecule has 0 bridgehead atoms. The molecule has 1 amide bonds. The number of hydrogen-bond acceptors (Lipinski definition) is 3. The zero-order chi connectivity index (χ0) is 18.3. The van der Waals surface area contributed by atoms with Crippen LogP contribution in [-0.4, -0.2) is 32.3 Å². The molecule has 26 heavy (non-hydrogen) atoms. The number of fused-ring (bicyclic) bond motifs is 1. The second-order valence-corrected chi connectivity index (χ2v) is 7.78. The lowest BCUT2D eigenvalue weighted by atomic mass is 10.2. The zero-order valence-electron chi connectivity index (χ0n) is 15.2. The zero-order valence-corrected chi connectivity index (χ0v) is 16.0. The Labute approximate surface area is 157 Å². The first-order valence-electron chi connectivity index (χ1n) is 8.89. The number of rotatable bonds is 1. The van der Waals surface area contributed by atoms with Crippen LogP contribution in [0.3, 0.4) is 0 Å². The number of hydrogen-bond donors (Lipinski definition) is 0. The number of nitrogens with zero attached hydrogens (tertiary/aromatic N) is 3. The van der Waals surface area contributed by atoms with Gasteiger partial charge in [-0.15, -0.1) is 0 Å². The summed E-state index contributed by atoms with van der Waals surface area (Å²) in [7, 11) is 0. The van der Waals surface area contributed by atoms with E-state index in [2.05, 4.69) is 30.7 Å². The van der Waals surface area contributed by atoms with Crippen LogP contribution < -0.4 is 0 Å². The number of thiophene rings is 1. The summed E-state index contributed by atoms with van der Waals surface area (Å²) in [6.45, 7) is 6.20. The molecule has 1 aliphatic heterocycles. The van der Waals surface area contributed by atoms with E-state index in [9.17, 15) is 4.79 Å². The molecule has 1 aliphatic rings. The van der Waals surface area contributed by atoms with Crippen molar-refractivity contribution in [3.05, 3.63) is 57.8 Å². The van der Waals surface area contributed by atoms with Crippen molar-refractivity contribution in [2.75, 3.05) is 0 Å². The second kappa shape index (κ2) is 6.62. The number of carbonyl (C=O) groups excluding carboxylic acids is 1. The summed E-state index contributed by atoms with van der Waals surface area (Å²) in [5.41, 5.74) is 4.15. The number of aromatic nitrogens is 2. The first kappa shape index (κ1) is 16.9. The first-order chi connectivity index (χ1) is 12.5. The van der Waals surface area contributed by atoms with Gasteiger partial charge in [0.1, 0.15) is 5.69 Å². The van der Waals surface area contributed by atoms with Crippen molar-refractivity contribution in [3.8, 4) is 11.8 Å². The summed E-state index contributed by atoms with van der Waals surface area (Å²) in [6.07, 6.45) is 5.98. The largest absolute Gasteiger partial charge is 0.333 e. The highest BCUT2D eigenvalue weighted by atomic mass is 32.1. The molecule has 3 aromatic heterocycles. The smallest absolute Gasteiger partial charge is 0.255 e. The normalized spacial score (nSPS) is 19.6. The molecule has 4 rings (SSSR count). The van der Waals surface area contributed by atoms with Gasteiger partial charge in [0.25, 0.3) is 5.91 Å². The molecule has 0 aliphatic carbocycles. The Balaban J connectivity index is 1.75. The van der Waals surface area contributed by atoms with Gasteiger partial charge in [-0.25, -0.2) is 4.98 Å². The molecule has 4 nitrogen and oxygen atoms in total. The summed E-state index contributed by atoms with van der Waals surface area (Å²) >= 11 is 1.63. The molecule has 2 unspecified atom stereocenters. The summed E-state index contributed by atoms with van der Waals surface area (Å²) in [4.78, 5) is 19.6. The van der Waals surface area contributed by atoms with E-state index in [0.717, 1.165) is 29.6 Å². The van der Waals surface area contributed by atoms with E-state index in [4.69, 9.17) is 0 Å². The van der Waals surface area contributed by atoms with Gasteiger partial charge in [-0.05, 0) is 57.0 Å². The van der Waals surface area contributed by atoms with Gasteiger partial charge in [0.15, 0.2) is 0 Å². The van der Waals surface area contributed by atoms with Crippen LogP contribution >= 0.6 is 11.3 Å². The molecule has 4 heterocycles. The van der Waals surface area contributed by atoms with E-state index < -0.39 is 0 Å². The second-order valence-electron chi connectivity index (χ2n) is 7.00. The molecule has 0 radical (unpaired) electrons. The third-order valence-corrected chi connectivity index (χ3v) is 5.67. The number of likely N-dealkylation sites (tertiary alicyclic amines) is 1. The highest BCUT2D eigenvalue weighted by Gasteiger charge is 2.32. The minimum Gasteiger partial charge on any atom is -0.333 e. The van der Waals surface area contributed by atoms with Gasteiger partial charge < -0.3 is 9.30 Å². The summed E-state index contributed by atoms with van der Waals surface area (Å²) in [5, 5.41) is 4.03. The van der Waals surface area contributed by atoms with Gasteiger partial charge in [-0.1, -0.05) is 5.92 Å². The highest BCUT2D eigenvalue weighted by molar-refractivity contribution is 7.08. The van der Waals surface area contributed by atoms with Crippen molar-refractivity contribution in [2.45, 2.75) is 45.7 Å². The van der Waals surface area contributed by atoms with Crippen molar-refractivity contribution in [3.63, 3.8) is 0 Å². The van der Waals surface area contributed by atoms with Crippen LogP contribution in [0.1, 0.15) is 54.0 Å². The maximum absolute atomic E-state index is 13.0. The fraction of sp³-hybridized carbons (Fsp3) is 0.333. The Kier molecular flexibility index (Phi) is 4.29. The lowest BCUT2D eigenvalue weighted by Crippen LogP contribution is -2.38. The predicted octanol–water partition coefficient (Wildman–Crippen LogP) is 4.12. The Hall–Kier alpha value is -2.58. The molecule has 5 heteroatoms. The standard InChI is InChI=1S/C21H21N3OS/c1-14-11-23-12-18(21(25)24-15(2)4-5-16(24)3)10-20(23)19(22-14)7-6-17-8-9-26-13-17/h8-13,15-16H,4-5H2,1-3H3. The fourth-order valence-electron chi connectivity index (χ4n) is 3.66. The molecule has 3 aromatic rings. The SMILES string of the molecule is Cc1cn2cc(C(=O)N3C(C)CCC3C)cc2c(C#Cc2ccsc2)n1. The fourth-order valence-corrected chi connectivity index (χ4v) is 4.25. The molecule has 2 atom stereocenters. The van der Waals surface area contributed by atoms with Crippen molar-refractivity contribution >= 4 is 22.8 Å². The minimum absolute atomic E-state index is 0.0978. The van der Waals surface area contributed by atoms with Crippen LogP contribution in [-0.2, 0) is 0 Å². The molecular weight excluding hydrogens is 342 g/mol. The minimum atomic E-state index is 0.0978. The van der Waals surface area contributed by atoms with E-state index in [0.29, 0.717) is 23.3 Å². The van der Waals surface area contributed by atoms with Crippen LogP contribution in [0, 0.1) is 18.8 Å². The molecule has 132 valence electrons. The molecule has 1 saturated heterocycles. The molecule has 0 saturated carbocycles. The van der Waals surface area contributed by atoms with Crippen molar-refractivity contribution in [2.24, 2.45) is 0 Å². The lowest BCUT2D eigenvalue weighted by molar-refractivity contribution is 0.0693. The van der Waals surface area contributed by atoms with Crippen LogP contribution in [0.5, 0.6) is 0 Å². The first-order valence-corrected chi connectivity index (χ1v) is 9.83. The number of aryl methyl sites for hydroxylation is 1. The maximum atomic E-state index is 13.0. The maximum Gasteiger partial charge on any atom is 0.255 e. The molecule has 0 aromatic carbocycles. The van der Waals surface area contributed by atoms with E-state index in [1.165, 1.54) is 0 Å². The Morgan fingerprint density at radius 1 is 1.23 bits per heavy atom. The molecule has 1 fully saturated rings. The van der Waals surface area contributed by atoms with Gasteiger partial charge in [0, 0.05) is 35.4 Å². The van der Waals surface area contributed by atoms with Crippen LogP contribution in [0.15, 0.2) is 35.3 Å². The Bertz CT molecular complexity index is 1010. The predicted molar refractivity (Wildman–Crippen MR) is 105 cm³/mol. The van der Waals surface area contributed by atoms with Gasteiger partial charge in [-0.3, -0.25) is 4.79 Å². The average molecular weight is 363 g/mol. The average Bonchev–Trinajstić information content (AvgIpc) is 3.32. The quantitative estimate of drug-likeness (QED) is 0.610. The number of carbonyl (C=O) groups is 1. The topological polar surface area (TPSA) is 37.6 Å². The van der Waals surface area contributed by atoms with Crippen LogP contribution in [0.25, 0.3) is 5.52 Å². The van der Waals surface area contributed by atoms with E-state index >= 15 is 0 Å². The van der Waals surface area contributed by atoms with Crippen LogP contribution in [0.4, 0.5) is 0 Å². The third kappa shape index (κ3) is 3.02. The molecule has 0 spiro atoms.